The first-order valence-corrected chi connectivity index (χ1v) is 8.87. The van der Waals surface area contributed by atoms with Gasteiger partial charge in [-0.1, -0.05) is 64.8 Å². The van der Waals surface area contributed by atoms with E-state index in [0.717, 1.165) is 36.8 Å². The minimum Gasteiger partial charge on any atom is -0.393 e. The Hall–Kier alpha value is -1.38. The van der Waals surface area contributed by atoms with Gasteiger partial charge in [-0.3, -0.25) is 9.59 Å². The lowest BCUT2D eigenvalue weighted by atomic mass is 9.99. The van der Waals surface area contributed by atoms with Gasteiger partial charge in [-0.2, -0.15) is 0 Å². The van der Waals surface area contributed by atoms with E-state index in [4.69, 9.17) is 4.74 Å². The molecule has 132 valence electrons. The third-order valence-corrected chi connectivity index (χ3v) is 3.30. The minimum atomic E-state index is -0.434. The highest BCUT2D eigenvalue weighted by molar-refractivity contribution is 5.87. The molecule has 23 heavy (non-hydrogen) atoms. The summed E-state index contributed by atoms with van der Waals surface area (Å²) in [5, 5.41) is 0. The van der Waals surface area contributed by atoms with Crippen LogP contribution in [-0.2, 0) is 14.3 Å². The van der Waals surface area contributed by atoms with Crippen LogP contribution in [0.2, 0.25) is 0 Å². The topological polar surface area (TPSA) is 43.4 Å². The van der Waals surface area contributed by atoms with E-state index in [1.807, 2.05) is 13.8 Å². The Morgan fingerprint density at radius 2 is 1.13 bits per heavy atom. The standard InChI is InChI=1S/C20H34O3/c1-7-9-17(11-15(3)4)13-19(21)23-20(22)14-18(10-8-2)12-16(5)6/h9-10,15-16H,7-8,11-14H2,1-6H3. The molecule has 0 aliphatic rings. The highest BCUT2D eigenvalue weighted by Crippen LogP contribution is 2.18. The zero-order valence-corrected chi connectivity index (χ0v) is 15.8. The predicted octanol–water partition coefficient (Wildman–Crippen LogP) is 5.60. The number of ether oxygens (including phenoxy) is 1. The Morgan fingerprint density at radius 1 is 0.783 bits per heavy atom. The molecule has 0 aliphatic heterocycles. The van der Waals surface area contributed by atoms with Gasteiger partial charge in [0.05, 0.1) is 12.8 Å². The van der Waals surface area contributed by atoms with Crippen LogP contribution in [0.1, 0.15) is 80.1 Å². The molecule has 0 spiro atoms. The van der Waals surface area contributed by atoms with Gasteiger partial charge in [0.2, 0.25) is 0 Å². The average molecular weight is 322 g/mol. The van der Waals surface area contributed by atoms with Crippen molar-refractivity contribution in [3.8, 4) is 0 Å². The fourth-order valence-electron chi connectivity index (χ4n) is 2.65. The fraction of sp³-hybridized carbons (Fsp3) is 0.700. The molecule has 0 rings (SSSR count). The summed E-state index contributed by atoms with van der Waals surface area (Å²) in [7, 11) is 0. The lowest BCUT2D eigenvalue weighted by Crippen LogP contribution is -2.14. The maximum absolute atomic E-state index is 12.0. The average Bonchev–Trinajstić information content (AvgIpc) is 2.36. The quantitative estimate of drug-likeness (QED) is 0.298. The van der Waals surface area contributed by atoms with Crippen LogP contribution in [0.5, 0.6) is 0 Å². The Labute approximate surface area is 142 Å². The van der Waals surface area contributed by atoms with Crippen molar-refractivity contribution < 1.29 is 14.3 Å². The molecule has 0 aromatic carbocycles. The lowest BCUT2D eigenvalue weighted by molar-refractivity contribution is -0.158. The summed E-state index contributed by atoms with van der Waals surface area (Å²) in [6, 6.07) is 0. The molecular formula is C20H34O3. The van der Waals surface area contributed by atoms with Crippen LogP contribution < -0.4 is 0 Å². The van der Waals surface area contributed by atoms with E-state index in [9.17, 15) is 9.59 Å². The molecule has 0 aromatic rings. The van der Waals surface area contributed by atoms with Crippen molar-refractivity contribution in [3.63, 3.8) is 0 Å². The highest BCUT2D eigenvalue weighted by atomic mass is 16.6. The Morgan fingerprint density at radius 3 is 1.39 bits per heavy atom. The molecule has 0 aliphatic carbocycles. The number of rotatable bonds is 10. The van der Waals surface area contributed by atoms with Gasteiger partial charge in [-0.05, 0) is 37.5 Å². The number of carbonyl (C=O) groups excluding carboxylic acids is 2. The van der Waals surface area contributed by atoms with Crippen molar-refractivity contribution >= 4 is 11.9 Å². The summed E-state index contributed by atoms with van der Waals surface area (Å²) >= 11 is 0. The van der Waals surface area contributed by atoms with E-state index in [2.05, 4.69) is 39.8 Å². The second-order valence-electron chi connectivity index (χ2n) is 6.94. The van der Waals surface area contributed by atoms with Gasteiger partial charge in [-0.25, -0.2) is 0 Å². The Balaban J connectivity index is 4.55. The van der Waals surface area contributed by atoms with Crippen molar-refractivity contribution in [2.75, 3.05) is 0 Å². The Kier molecular flexibility index (Phi) is 11.4. The van der Waals surface area contributed by atoms with Gasteiger partial charge >= 0.3 is 11.9 Å². The first-order chi connectivity index (χ1) is 10.8. The predicted molar refractivity (Wildman–Crippen MR) is 96.0 cm³/mol. The van der Waals surface area contributed by atoms with Crippen LogP contribution in [0.4, 0.5) is 0 Å². The maximum Gasteiger partial charge on any atom is 0.317 e. The maximum atomic E-state index is 12.0. The molecule has 0 fully saturated rings. The largest absolute Gasteiger partial charge is 0.393 e. The Bertz CT molecular complexity index is 388. The van der Waals surface area contributed by atoms with E-state index < -0.39 is 11.9 Å². The molecule has 0 heterocycles. The van der Waals surface area contributed by atoms with Crippen LogP contribution in [0.3, 0.4) is 0 Å². The first-order valence-electron chi connectivity index (χ1n) is 8.87. The smallest absolute Gasteiger partial charge is 0.317 e. The van der Waals surface area contributed by atoms with Gasteiger partial charge in [0.1, 0.15) is 0 Å². The summed E-state index contributed by atoms with van der Waals surface area (Å²) in [4.78, 5) is 24.0. The summed E-state index contributed by atoms with van der Waals surface area (Å²) in [5.41, 5.74) is 2.12. The molecule has 0 amide bonds. The number of esters is 2. The van der Waals surface area contributed by atoms with Gasteiger partial charge < -0.3 is 4.74 Å². The summed E-state index contributed by atoms with van der Waals surface area (Å²) < 4.78 is 5.01. The SMILES string of the molecule is CCC=C(CC(=O)OC(=O)CC(=CCC)CC(C)C)CC(C)C. The van der Waals surface area contributed by atoms with Gasteiger partial charge in [0, 0.05) is 0 Å². The second-order valence-corrected chi connectivity index (χ2v) is 6.94. The third kappa shape index (κ3) is 11.8. The van der Waals surface area contributed by atoms with Gasteiger partial charge in [-0.15, -0.1) is 0 Å². The van der Waals surface area contributed by atoms with Crippen molar-refractivity contribution in [1.82, 2.24) is 0 Å². The first kappa shape index (κ1) is 21.6. The number of hydrogen-bond acceptors (Lipinski definition) is 3. The van der Waals surface area contributed by atoms with E-state index in [0.29, 0.717) is 11.8 Å². The zero-order valence-electron chi connectivity index (χ0n) is 15.8. The molecule has 0 saturated carbocycles. The molecule has 0 unspecified atom stereocenters. The molecule has 0 bridgehead atoms. The van der Waals surface area contributed by atoms with E-state index in [1.165, 1.54) is 0 Å². The fourth-order valence-corrected chi connectivity index (χ4v) is 2.65. The highest BCUT2D eigenvalue weighted by Gasteiger charge is 2.15. The lowest BCUT2D eigenvalue weighted by Gasteiger charge is -2.11. The summed E-state index contributed by atoms with van der Waals surface area (Å²) in [6.07, 6.45) is 8.07. The zero-order chi connectivity index (χ0) is 17.8. The van der Waals surface area contributed by atoms with Crippen LogP contribution in [0.25, 0.3) is 0 Å². The van der Waals surface area contributed by atoms with E-state index >= 15 is 0 Å². The summed E-state index contributed by atoms with van der Waals surface area (Å²) in [6.45, 7) is 12.6. The van der Waals surface area contributed by atoms with Crippen molar-refractivity contribution in [1.29, 1.82) is 0 Å². The monoisotopic (exact) mass is 322 g/mol. The second kappa shape index (κ2) is 12.1. The van der Waals surface area contributed by atoms with Crippen LogP contribution >= 0.6 is 0 Å². The molecular weight excluding hydrogens is 288 g/mol. The van der Waals surface area contributed by atoms with Crippen molar-refractivity contribution in [3.05, 3.63) is 23.3 Å². The third-order valence-electron chi connectivity index (χ3n) is 3.30. The van der Waals surface area contributed by atoms with Crippen molar-refractivity contribution in [2.45, 2.75) is 80.1 Å². The molecule has 3 nitrogen and oxygen atoms in total. The number of carbonyl (C=O) groups is 2. The number of allylic oxidation sites excluding steroid dienone is 2. The van der Waals surface area contributed by atoms with E-state index in [-0.39, 0.29) is 12.8 Å². The van der Waals surface area contributed by atoms with Crippen LogP contribution in [0.15, 0.2) is 23.3 Å². The molecule has 0 atom stereocenters. The van der Waals surface area contributed by atoms with Crippen LogP contribution in [0, 0.1) is 11.8 Å². The van der Waals surface area contributed by atoms with Gasteiger partial charge in [0.25, 0.3) is 0 Å². The molecule has 0 aromatic heterocycles. The normalized spacial score (nSPS) is 12.9. The molecule has 0 saturated heterocycles. The molecule has 0 N–H and O–H groups in total. The van der Waals surface area contributed by atoms with Gasteiger partial charge in [0.15, 0.2) is 0 Å². The van der Waals surface area contributed by atoms with Crippen molar-refractivity contribution in [2.24, 2.45) is 11.8 Å². The molecule has 3 heteroatoms. The minimum absolute atomic E-state index is 0.217. The van der Waals surface area contributed by atoms with E-state index in [1.54, 1.807) is 0 Å². The van der Waals surface area contributed by atoms with Crippen LogP contribution in [-0.4, -0.2) is 11.9 Å². The molecule has 0 radical (unpaired) electrons. The summed E-state index contributed by atoms with van der Waals surface area (Å²) in [5.74, 6) is 0.106. The number of hydrogen-bond donors (Lipinski definition) is 0.